The van der Waals surface area contributed by atoms with Crippen molar-refractivity contribution in [2.24, 2.45) is 0 Å². The first-order valence-electron chi connectivity index (χ1n) is 8.46. The lowest BCUT2D eigenvalue weighted by molar-refractivity contribution is 0.432. The molecule has 3 aromatic heterocycles. The van der Waals surface area contributed by atoms with Crippen LogP contribution in [0, 0.1) is 12.7 Å². The lowest BCUT2D eigenvalue weighted by Crippen LogP contribution is -2.26. The lowest BCUT2D eigenvalue weighted by Gasteiger charge is -2.19. The number of hydrogen-bond donors (Lipinski definition) is 0. The first-order valence-corrected chi connectivity index (χ1v) is 10.8. The highest BCUT2D eigenvalue weighted by Crippen LogP contribution is 2.35. The third-order valence-electron chi connectivity index (χ3n) is 4.30. The minimum Gasteiger partial charge on any atom is -0.333 e. The monoisotopic (exact) mass is 430 g/mol. The molecule has 4 rings (SSSR count). The zero-order valence-corrected chi connectivity index (χ0v) is 17.0. The first kappa shape index (κ1) is 19.2. The third kappa shape index (κ3) is 3.52. The Bertz CT molecular complexity index is 1270. The first-order chi connectivity index (χ1) is 13.9. The van der Waals surface area contributed by atoms with Crippen LogP contribution in [0.25, 0.3) is 22.3 Å². The van der Waals surface area contributed by atoms with Crippen molar-refractivity contribution >= 4 is 27.0 Å². The van der Waals surface area contributed by atoms with E-state index in [1.165, 1.54) is 25.2 Å². The predicted octanol–water partition coefficient (Wildman–Crippen LogP) is 4.13. The van der Waals surface area contributed by atoms with E-state index in [4.69, 9.17) is 4.52 Å². The minimum absolute atomic E-state index is 0.00204. The van der Waals surface area contributed by atoms with Gasteiger partial charge in [-0.15, -0.1) is 11.3 Å². The molecule has 0 aliphatic heterocycles. The number of thiophene rings is 1. The maximum Gasteiger partial charge on any atom is 0.269 e. The quantitative estimate of drug-likeness (QED) is 0.473. The van der Waals surface area contributed by atoms with Gasteiger partial charge in [-0.25, -0.2) is 12.8 Å². The smallest absolute Gasteiger partial charge is 0.269 e. The van der Waals surface area contributed by atoms with E-state index in [1.807, 2.05) is 0 Å². The number of hydrogen-bond acceptors (Lipinski definition) is 7. The molecule has 0 amide bonds. The summed E-state index contributed by atoms with van der Waals surface area (Å²) in [4.78, 5) is 8.74. The largest absolute Gasteiger partial charge is 0.333 e. The normalized spacial score (nSPS) is 11.6. The number of rotatable bonds is 5. The fraction of sp³-hybridized carbons (Fsp3) is 0.105. The third-order valence-corrected chi connectivity index (χ3v) is 7.16. The number of sulfonamides is 1. The Kier molecular flexibility index (Phi) is 4.89. The van der Waals surface area contributed by atoms with Gasteiger partial charge in [0.05, 0.1) is 5.69 Å². The van der Waals surface area contributed by atoms with Gasteiger partial charge in [-0.3, -0.25) is 9.29 Å². The van der Waals surface area contributed by atoms with Gasteiger partial charge in [-0.05, 0) is 48.2 Å². The second-order valence-electron chi connectivity index (χ2n) is 6.16. The van der Waals surface area contributed by atoms with E-state index in [0.29, 0.717) is 16.1 Å². The van der Waals surface area contributed by atoms with Gasteiger partial charge in [0.25, 0.3) is 15.9 Å². The van der Waals surface area contributed by atoms with Gasteiger partial charge in [-0.1, -0.05) is 17.3 Å². The molecule has 0 N–H and O–H groups in total. The molecule has 7 nitrogen and oxygen atoms in total. The average molecular weight is 430 g/mol. The van der Waals surface area contributed by atoms with Crippen LogP contribution in [-0.4, -0.2) is 30.6 Å². The summed E-state index contributed by atoms with van der Waals surface area (Å²) in [5, 5.41) is 5.51. The fourth-order valence-corrected chi connectivity index (χ4v) is 5.14. The van der Waals surface area contributed by atoms with Gasteiger partial charge in [0.1, 0.15) is 21.3 Å². The maximum absolute atomic E-state index is 13.9. The Morgan fingerprint density at radius 1 is 1.17 bits per heavy atom. The molecule has 10 heteroatoms. The van der Waals surface area contributed by atoms with E-state index in [-0.39, 0.29) is 22.3 Å². The number of aryl methyl sites for hydroxylation is 1. The van der Waals surface area contributed by atoms with E-state index in [0.717, 1.165) is 15.6 Å². The molecule has 148 valence electrons. The summed E-state index contributed by atoms with van der Waals surface area (Å²) in [5.41, 5.74) is 1.16. The van der Waals surface area contributed by atoms with Gasteiger partial charge in [0.2, 0.25) is 5.82 Å². The molecule has 29 heavy (non-hydrogen) atoms. The molecule has 0 atom stereocenters. The molecule has 0 aliphatic carbocycles. The molecule has 0 fully saturated rings. The van der Waals surface area contributed by atoms with Crippen LogP contribution >= 0.6 is 11.3 Å². The highest BCUT2D eigenvalue weighted by molar-refractivity contribution is 7.93. The number of pyridine rings is 1. The molecule has 0 unspecified atom stereocenters. The molecule has 0 saturated carbocycles. The summed E-state index contributed by atoms with van der Waals surface area (Å²) in [6, 6.07) is 11.0. The summed E-state index contributed by atoms with van der Waals surface area (Å²) in [7, 11) is -2.61. The summed E-state index contributed by atoms with van der Waals surface area (Å²) < 4.78 is 46.6. The standard InChI is InChI=1S/C19H15FN4O3S2/c1-12-6-7-13(11-14(12)20)24(2)29(25,26)16-8-10-28-17(16)19-22-18(23-27-19)15-5-3-4-9-21-15/h3-11H,1-2H3. The molecule has 0 aliphatic rings. The zero-order valence-electron chi connectivity index (χ0n) is 15.4. The highest BCUT2D eigenvalue weighted by atomic mass is 32.2. The van der Waals surface area contributed by atoms with Crippen LogP contribution in [0.2, 0.25) is 0 Å². The van der Waals surface area contributed by atoms with E-state index >= 15 is 0 Å². The topological polar surface area (TPSA) is 89.2 Å². The lowest BCUT2D eigenvalue weighted by atomic mass is 10.2. The van der Waals surface area contributed by atoms with Gasteiger partial charge in [-0.2, -0.15) is 4.98 Å². The van der Waals surface area contributed by atoms with Crippen molar-refractivity contribution in [1.29, 1.82) is 0 Å². The second kappa shape index (κ2) is 7.37. The van der Waals surface area contributed by atoms with Crippen molar-refractivity contribution in [1.82, 2.24) is 15.1 Å². The van der Waals surface area contributed by atoms with Crippen LogP contribution in [0.1, 0.15) is 5.56 Å². The molecule has 0 spiro atoms. The van der Waals surface area contributed by atoms with Crippen LogP contribution in [0.5, 0.6) is 0 Å². The Morgan fingerprint density at radius 2 is 2.00 bits per heavy atom. The molecule has 4 aromatic rings. The van der Waals surface area contributed by atoms with Crippen molar-refractivity contribution in [3.05, 3.63) is 65.4 Å². The Morgan fingerprint density at radius 3 is 2.72 bits per heavy atom. The number of anilines is 1. The van der Waals surface area contributed by atoms with E-state index < -0.39 is 15.8 Å². The summed E-state index contributed by atoms with van der Waals surface area (Å²) in [5.74, 6) is -0.152. The molecule has 3 heterocycles. The molecule has 0 radical (unpaired) electrons. The minimum atomic E-state index is -3.98. The van der Waals surface area contributed by atoms with E-state index in [1.54, 1.807) is 42.8 Å². The van der Waals surface area contributed by atoms with Crippen molar-refractivity contribution < 1.29 is 17.3 Å². The second-order valence-corrected chi connectivity index (χ2v) is 9.01. The zero-order chi connectivity index (χ0) is 20.6. The number of benzene rings is 1. The van der Waals surface area contributed by atoms with Crippen molar-refractivity contribution in [2.75, 3.05) is 11.4 Å². The van der Waals surface area contributed by atoms with Gasteiger partial charge >= 0.3 is 0 Å². The molecule has 1 aromatic carbocycles. The van der Waals surface area contributed by atoms with Gasteiger partial charge in [0, 0.05) is 13.2 Å². The van der Waals surface area contributed by atoms with Crippen molar-refractivity contribution in [2.45, 2.75) is 11.8 Å². The highest BCUT2D eigenvalue weighted by Gasteiger charge is 2.29. The Labute approximate surface area is 170 Å². The molecular weight excluding hydrogens is 415 g/mol. The molecular formula is C19H15FN4O3S2. The Hall–Kier alpha value is -3.11. The van der Waals surface area contributed by atoms with Crippen LogP contribution in [0.15, 0.2) is 63.5 Å². The fourth-order valence-electron chi connectivity index (χ4n) is 2.64. The number of nitrogens with zero attached hydrogens (tertiary/aromatic N) is 4. The van der Waals surface area contributed by atoms with Gasteiger partial charge < -0.3 is 4.52 Å². The van der Waals surface area contributed by atoms with Crippen LogP contribution < -0.4 is 4.31 Å². The van der Waals surface area contributed by atoms with Crippen molar-refractivity contribution in [3.63, 3.8) is 0 Å². The average Bonchev–Trinajstić information content (AvgIpc) is 3.40. The molecule has 0 bridgehead atoms. The molecule has 0 saturated heterocycles. The SMILES string of the molecule is Cc1ccc(N(C)S(=O)(=O)c2ccsc2-c2nc(-c3ccccn3)no2)cc1F. The summed E-state index contributed by atoms with van der Waals surface area (Å²) >= 11 is 1.16. The van der Waals surface area contributed by atoms with Crippen LogP contribution in [0.3, 0.4) is 0 Å². The Balaban J connectivity index is 1.72. The van der Waals surface area contributed by atoms with Gasteiger partial charge in [0.15, 0.2) is 0 Å². The summed E-state index contributed by atoms with van der Waals surface area (Å²) in [6.45, 7) is 1.61. The van der Waals surface area contributed by atoms with Crippen molar-refractivity contribution in [3.8, 4) is 22.3 Å². The number of halogens is 1. The summed E-state index contributed by atoms with van der Waals surface area (Å²) in [6.07, 6.45) is 1.60. The predicted molar refractivity (Wildman–Crippen MR) is 108 cm³/mol. The van der Waals surface area contributed by atoms with Crippen LogP contribution in [0.4, 0.5) is 10.1 Å². The number of aromatic nitrogens is 3. The maximum atomic E-state index is 13.9. The van der Waals surface area contributed by atoms with E-state index in [2.05, 4.69) is 15.1 Å². The van der Waals surface area contributed by atoms with Crippen LogP contribution in [-0.2, 0) is 10.0 Å². The van der Waals surface area contributed by atoms with E-state index in [9.17, 15) is 12.8 Å².